The minimum Gasteiger partial charge on any atom is -0.381 e. The minimum atomic E-state index is -0.0751. The standard InChI is InChI=1S/C10H23NO2/c1-9(11)5-7-13-8-6-10(2,3)12-4/h9H,5-8,11H2,1-4H3. The maximum absolute atomic E-state index is 5.58. The van der Waals surface area contributed by atoms with Crippen LogP contribution < -0.4 is 5.73 Å². The third-order valence-corrected chi connectivity index (χ3v) is 2.12. The summed E-state index contributed by atoms with van der Waals surface area (Å²) in [7, 11) is 1.72. The SMILES string of the molecule is COC(C)(C)CCOCCC(C)N. The smallest absolute Gasteiger partial charge is 0.0644 e. The van der Waals surface area contributed by atoms with Crippen LogP contribution in [0.2, 0.25) is 0 Å². The number of hydrogen-bond donors (Lipinski definition) is 1. The molecule has 80 valence electrons. The summed E-state index contributed by atoms with van der Waals surface area (Å²) >= 11 is 0. The molecule has 2 N–H and O–H groups in total. The van der Waals surface area contributed by atoms with Crippen LogP contribution in [-0.2, 0) is 9.47 Å². The van der Waals surface area contributed by atoms with Gasteiger partial charge in [0.15, 0.2) is 0 Å². The summed E-state index contributed by atoms with van der Waals surface area (Å²) in [5.74, 6) is 0. The number of methoxy groups -OCH3 is 1. The molecule has 0 bridgehead atoms. The van der Waals surface area contributed by atoms with Gasteiger partial charge in [0.25, 0.3) is 0 Å². The number of hydrogen-bond acceptors (Lipinski definition) is 3. The van der Waals surface area contributed by atoms with Crippen molar-refractivity contribution in [2.75, 3.05) is 20.3 Å². The highest BCUT2D eigenvalue weighted by Gasteiger charge is 2.15. The molecule has 0 spiro atoms. The van der Waals surface area contributed by atoms with Crippen molar-refractivity contribution in [3.8, 4) is 0 Å². The predicted molar refractivity (Wildman–Crippen MR) is 54.8 cm³/mol. The first-order valence-electron chi connectivity index (χ1n) is 4.86. The zero-order valence-corrected chi connectivity index (χ0v) is 9.30. The fourth-order valence-electron chi connectivity index (χ4n) is 0.791. The van der Waals surface area contributed by atoms with E-state index >= 15 is 0 Å². The van der Waals surface area contributed by atoms with Gasteiger partial charge in [0.1, 0.15) is 0 Å². The number of ether oxygens (including phenoxy) is 2. The minimum absolute atomic E-state index is 0.0751. The Morgan fingerprint density at radius 2 is 1.92 bits per heavy atom. The largest absolute Gasteiger partial charge is 0.381 e. The summed E-state index contributed by atoms with van der Waals surface area (Å²) in [6.45, 7) is 7.59. The molecule has 0 aliphatic carbocycles. The maximum Gasteiger partial charge on any atom is 0.0644 e. The molecule has 0 rings (SSSR count). The molecule has 0 saturated carbocycles. The summed E-state index contributed by atoms with van der Waals surface area (Å²) in [6.07, 6.45) is 1.84. The third-order valence-electron chi connectivity index (χ3n) is 2.12. The molecule has 0 aliphatic heterocycles. The molecule has 0 heterocycles. The average molecular weight is 189 g/mol. The van der Waals surface area contributed by atoms with Crippen LogP contribution in [0.1, 0.15) is 33.6 Å². The molecule has 0 radical (unpaired) electrons. The fraction of sp³-hybridized carbons (Fsp3) is 1.00. The first-order valence-corrected chi connectivity index (χ1v) is 4.86. The van der Waals surface area contributed by atoms with Crippen molar-refractivity contribution in [3.63, 3.8) is 0 Å². The van der Waals surface area contributed by atoms with Gasteiger partial charge in [-0.1, -0.05) is 0 Å². The Balaban J connectivity index is 3.26. The van der Waals surface area contributed by atoms with E-state index in [4.69, 9.17) is 15.2 Å². The van der Waals surface area contributed by atoms with Crippen LogP contribution in [0, 0.1) is 0 Å². The number of nitrogens with two attached hydrogens (primary N) is 1. The molecular formula is C10H23NO2. The number of rotatable bonds is 7. The molecule has 0 aromatic carbocycles. The van der Waals surface area contributed by atoms with Gasteiger partial charge in [-0.3, -0.25) is 0 Å². The zero-order valence-electron chi connectivity index (χ0n) is 9.30. The summed E-state index contributed by atoms with van der Waals surface area (Å²) < 4.78 is 10.7. The molecule has 1 unspecified atom stereocenters. The van der Waals surface area contributed by atoms with Crippen LogP contribution in [0.15, 0.2) is 0 Å². The van der Waals surface area contributed by atoms with Crippen LogP contribution >= 0.6 is 0 Å². The van der Waals surface area contributed by atoms with Gasteiger partial charge in [-0.05, 0) is 33.6 Å². The molecule has 3 nitrogen and oxygen atoms in total. The Hall–Kier alpha value is -0.120. The fourth-order valence-corrected chi connectivity index (χ4v) is 0.791. The highest BCUT2D eigenvalue weighted by Crippen LogP contribution is 2.12. The van der Waals surface area contributed by atoms with Gasteiger partial charge in [0.2, 0.25) is 0 Å². The van der Waals surface area contributed by atoms with Crippen molar-refractivity contribution < 1.29 is 9.47 Å². The van der Waals surface area contributed by atoms with Crippen LogP contribution in [-0.4, -0.2) is 32.0 Å². The van der Waals surface area contributed by atoms with E-state index in [2.05, 4.69) is 13.8 Å². The predicted octanol–water partition coefficient (Wildman–Crippen LogP) is 1.56. The topological polar surface area (TPSA) is 44.5 Å². The van der Waals surface area contributed by atoms with Crippen molar-refractivity contribution in [2.24, 2.45) is 5.73 Å². The van der Waals surface area contributed by atoms with E-state index in [-0.39, 0.29) is 11.6 Å². The lowest BCUT2D eigenvalue weighted by molar-refractivity contribution is -0.0103. The van der Waals surface area contributed by atoms with E-state index < -0.39 is 0 Å². The monoisotopic (exact) mass is 189 g/mol. The Bertz CT molecular complexity index is 124. The zero-order chi connectivity index (χ0) is 10.3. The Labute approximate surface area is 81.6 Å². The summed E-state index contributed by atoms with van der Waals surface area (Å²) in [4.78, 5) is 0. The first kappa shape index (κ1) is 12.9. The molecule has 0 amide bonds. The lowest BCUT2D eigenvalue weighted by atomic mass is 10.1. The molecule has 0 aromatic heterocycles. The van der Waals surface area contributed by atoms with E-state index in [1.54, 1.807) is 7.11 Å². The van der Waals surface area contributed by atoms with Gasteiger partial charge in [0.05, 0.1) is 5.60 Å². The van der Waals surface area contributed by atoms with E-state index in [1.165, 1.54) is 0 Å². The molecule has 0 fully saturated rings. The van der Waals surface area contributed by atoms with Gasteiger partial charge in [0, 0.05) is 26.4 Å². The second kappa shape index (κ2) is 6.35. The van der Waals surface area contributed by atoms with Crippen LogP contribution in [0.25, 0.3) is 0 Å². The van der Waals surface area contributed by atoms with Crippen molar-refractivity contribution in [3.05, 3.63) is 0 Å². The highest BCUT2D eigenvalue weighted by molar-refractivity contribution is 4.66. The average Bonchev–Trinajstić information content (AvgIpc) is 2.03. The van der Waals surface area contributed by atoms with Crippen molar-refractivity contribution >= 4 is 0 Å². The van der Waals surface area contributed by atoms with Gasteiger partial charge in [-0.15, -0.1) is 0 Å². The normalized spacial score (nSPS) is 14.5. The lowest BCUT2D eigenvalue weighted by Crippen LogP contribution is -2.25. The van der Waals surface area contributed by atoms with Crippen molar-refractivity contribution in [1.29, 1.82) is 0 Å². The summed E-state index contributed by atoms with van der Waals surface area (Å²) in [5.41, 5.74) is 5.51. The Kier molecular flexibility index (Phi) is 6.29. The highest BCUT2D eigenvalue weighted by atomic mass is 16.5. The second-order valence-corrected chi connectivity index (χ2v) is 4.09. The van der Waals surface area contributed by atoms with E-state index in [0.29, 0.717) is 0 Å². The maximum atomic E-state index is 5.58. The summed E-state index contributed by atoms with van der Waals surface area (Å²) in [5, 5.41) is 0. The Morgan fingerprint density at radius 3 is 2.38 bits per heavy atom. The molecular weight excluding hydrogens is 166 g/mol. The molecule has 13 heavy (non-hydrogen) atoms. The molecule has 3 heteroatoms. The van der Waals surface area contributed by atoms with Crippen LogP contribution in [0.3, 0.4) is 0 Å². The van der Waals surface area contributed by atoms with Crippen molar-refractivity contribution in [2.45, 2.75) is 45.3 Å². The van der Waals surface area contributed by atoms with Crippen molar-refractivity contribution in [1.82, 2.24) is 0 Å². The van der Waals surface area contributed by atoms with Crippen LogP contribution in [0.4, 0.5) is 0 Å². The van der Waals surface area contributed by atoms with Crippen LogP contribution in [0.5, 0.6) is 0 Å². The van der Waals surface area contributed by atoms with E-state index in [1.807, 2.05) is 6.92 Å². The van der Waals surface area contributed by atoms with E-state index in [0.717, 1.165) is 26.1 Å². The molecule has 1 atom stereocenters. The van der Waals surface area contributed by atoms with E-state index in [9.17, 15) is 0 Å². The Morgan fingerprint density at radius 1 is 1.31 bits per heavy atom. The lowest BCUT2D eigenvalue weighted by Gasteiger charge is -2.22. The van der Waals surface area contributed by atoms with Gasteiger partial charge in [-0.2, -0.15) is 0 Å². The van der Waals surface area contributed by atoms with Gasteiger partial charge in [-0.25, -0.2) is 0 Å². The van der Waals surface area contributed by atoms with Gasteiger partial charge >= 0.3 is 0 Å². The summed E-state index contributed by atoms with van der Waals surface area (Å²) in [6, 6.07) is 0.232. The molecule has 0 aromatic rings. The second-order valence-electron chi connectivity index (χ2n) is 4.09. The molecule has 0 saturated heterocycles. The first-order chi connectivity index (χ1) is 5.98. The molecule has 0 aliphatic rings. The third kappa shape index (κ3) is 8.22. The quantitative estimate of drug-likeness (QED) is 0.618. The van der Waals surface area contributed by atoms with Gasteiger partial charge < -0.3 is 15.2 Å².